The van der Waals surface area contributed by atoms with Gasteiger partial charge < -0.3 is 0 Å². The van der Waals surface area contributed by atoms with E-state index in [9.17, 15) is 0 Å². The summed E-state index contributed by atoms with van der Waals surface area (Å²) < 4.78 is 0. The lowest BCUT2D eigenvalue weighted by Gasteiger charge is -2.21. The first kappa shape index (κ1) is 8.95. The van der Waals surface area contributed by atoms with Crippen molar-refractivity contribution >= 4 is 28.1 Å². The van der Waals surface area contributed by atoms with Crippen LogP contribution in [0.15, 0.2) is 0 Å². The van der Waals surface area contributed by atoms with Crippen LogP contribution in [0.4, 0.5) is 0 Å². The van der Waals surface area contributed by atoms with Gasteiger partial charge in [-0.25, -0.2) is 0 Å². The lowest BCUT2D eigenvalue weighted by molar-refractivity contribution is 0.748. The smallest absolute Gasteiger partial charge is 0.121 e. The summed E-state index contributed by atoms with van der Waals surface area (Å²) in [6.45, 7) is 9.28. The molecule has 2 heteroatoms. The van der Waals surface area contributed by atoms with Crippen molar-refractivity contribution < 1.29 is 0 Å². The van der Waals surface area contributed by atoms with E-state index < -0.39 is 0 Å². The highest BCUT2D eigenvalue weighted by Gasteiger charge is 2.21. The fourth-order valence-electron chi connectivity index (χ4n) is 0.530. The Bertz CT molecular complexity index is 65.4. The van der Waals surface area contributed by atoms with Gasteiger partial charge in [0.2, 0.25) is 0 Å². The molecule has 0 aromatic heterocycles. The molecule has 0 spiro atoms. The Labute approximate surface area is 66.9 Å². The van der Waals surface area contributed by atoms with Crippen molar-refractivity contribution in [2.24, 2.45) is 0 Å². The average Bonchev–Trinajstić information content (AvgIpc) is 1.62. The van der Waals surface area contributed by atoms with Gasteiger partial charge in [0.15, 0.2) is 0 Å². The first-order valence-corrected chi connectivity index (χ1v) is 7.82. The van der Waals surface area contributed by atoms with Crippen LogP contribution in [0.2, 0.25) is 11.1 Å². The molecular formula is C6H14ISi. The summed E-state index contributed by atoms with van der Waals surface area (Å²) in [5.74, 6) is 0. The van der Waals surface area contributed by atoms with Crippen LogP contribution in [0.3, 0.4) is 0 Å². The second kappa shape index (κ2) is 3.20. The fraction of sp³-hybridized carbons (Fsp3) is 1.00. The molecule has 0 aliphatic carbocycles. The van der Waals surface area contributed by atoms with Crippen LogP contribution in [0.5, 0.6) is 0 Å². The Morgan fingerprint density at radius 2 is 1.75 bits per heavy atom. The van der Waals surface area contributed by atoms with Gasteiger partial charge in [-0.1, -0.05) is 33.7 Å². The Hall–Kier alpha value is 0.947. The van der Waals surface area contributed by atoms with E-state index in [1.165, 1.54) is 6.04 Å². The van der Waals surface area contributed by atoms with Crippen molar-refractivity contribution in [3.05, 3.63) is 0 Å². The summed E-state index contributed by atoms with van der Waals surface area (Å²) in [6, 6.07) is 1.38. The second-order valence-corrected chi connectivity index (χ2v) is 9.93. The molecule has 0 fully saturated rings. The molecule has 0 rings (SSSR count). The first-order valence-electron chi connectivity index (χ1n) is 3.00. The monoisotopic (exact) mass is 241 g/mol. The molecule has 0 N–H and O–H groups in total. The summed E-state index contributed by atoms with van der Waals surface area (Å²) in [6.07, 6.45) is -0.0745. The maximum Gasteiger partial charge on any atom is 0.135 e. The highest BCUT2D eigenvalue weighted by molar-refractivity contribution is 14.1. The lowest BCUT2D eigenvalue weighted by atomic mass is 10.3. The third kappa shape index (κ3) is 3.07. The van der Waals surface area contributed by atoms with Crippen LogP contribution in [0.1, 0.15) is 27.7 Å². The Morgan fingerprint density at radius 3 is 1.75 bits per heavy atom. The van der Waals surface area contributed by atoms with E-state index in [0.29, 0.717) is 5.04 Å². The zero-order chi connectivity index (χ0) is 6.78. The van der Waals surface area contributed by atoms with E-state index in [2.05, 4.69) is 49.5 Å². The zero-order valence-corrected chi connectivity index (χ0v) is 9.24. The maximum absolute atomic E-state index is 2.61. The SMILES string of the molecule is CC[Si](I)C(C)(C)C. The van der Waals surface area contributed by atoms with Gasteiger partial charge in [0, 0.05) is 0 Å². The second-order valence-electron chi connectivity index (χ2n) is 3.01. The van der Waals surface area contributed by atoms with Crippen molar-refractivity contribution in [2.75, 3.05) is 0 Å². The molecule has 0 saturated carbocycles. The van der Waals surface area contributed by atoms with Crippen molar-refractivity contribution in [1.82, 2.24) is 0 Å². The van der Waals surface area contributed by atoms with Gasteiger partial charge >= 0.3 is 0 Å². The Morgan fingerprint density at radius 1 is 1.38 bits per heavy atom. The van der Waals surface area contributed by atoms with Crippen LogP contribution < -0.4 is 0 Å². The molecule has 0 atom stereocenters. The third-order valence-electron chi connectivity index (χ3n) is 1.12. The number of halogens is 1. The highest BCUT2D eigenvalue weighted by Crippen LogP contribution is 2.32. The van der Waals surface area contributed by atoms with Crippen molar-refractivity contribution in [3.8, 4) is 0 Å². The minimum atomic E-state index is -0.0745. The van der Waals surface area contributed by atoms with Crippen LogP contribution >= 0.6 is 21.8 Å². The molecule has 8 heavy (non-hydrogen) atoms. The van der Waals surface area contributed by atoms with E-state index in [1.807, 2.05) is 0 Å². The summed E-state index contributed by atoms with van der Waals surface area (Å²) in [4.78, 5) is 0. The predicted molar refractivity (Wildman–Crippen MR) is 50.0 cm³/mol. The fourth-order valence-corrected chi connectivity index (χ4v) is 1.59. The van der Waals surface area contributed by atoms with Crippen LogP contribution in [0, 0.1) is 0 Å². The third-order valence-corrected chi connectivity index (χ3v) is 10.5. The van der Waals surface area contributed by atoms with Gasteiger partial charge in [0.05, 0.1) is 0 Å². The minimum absolute atomic E-state index is 0.0745. The zero-order valence-electron chi connectivity index (χ0n) is 6.09. The van der Waals surface area contributed by atoms with E-state index in [0.717, 1.165) is 0 Å². The molecule has 0 nitrogen and oxygen atoms in total. The summed E-state index contributed by atoms with van der Waals surface area (Å²) in [5.41, 5.74) is 0. The minimum Gasteiger partial charge on any atom is -0.121 e. The van der Waals surface area contributed by atoms with Gasteiger partial charge in [-0.15, -0.1) is 21.8 Å². The van der Waals surface area contributed by atoms with Crippen molar-refractivity contribution in [1.29, 1.82) is 0 Å². The molecule has 49 valence electrons. The van der Waals surface area contributed by atoms with Crippen LogP contribution in [0.25, 0.3) is 0 Å². The molecule has 0 amide bonds. The van der Waals surface area contributed by atoms with Gasteiger partial charge in [0.25, 0.3) is 0 Å². The molecule has 0 unspecified atom stereocenters. The van der Waals surface area contributed by atoms with Crippen molar-refractivity contribution in [2.45, 2.75) is 38.8 Å². The molecule has 1 radical (unpaired) electrons. The quantitative estimate of drug-likeness (QED) is 0.375. The number of hydrogen-bond donors (Lipinski definition) is 0. The molecule has 0 aromatic carbocycles. The molecule has 0 saturated heterocycles. The molecule has 0 bridgehead atoms. The topological polar surface area (TPSA) is 0 Å². The number of hydrogen-bond acceptors (Lipinski definition) is 0. The van der Waals surface area contributed by atoms with E-state index in [1.54, 1.807) is 0 Å². The van der Waals surface area contributed by atoms with Gasteiger partial charge in [-0.05, 0) is 5.04 Å². The molecule has 0 aliphatic heterocycles. The Kier molecular flexibility index (Phi) is 3.58. The summed E-state index contributed by atoms with van der Waals surface area (Å²) >= 11 is 2.61. The normalized spacial score (nSPS) is 12.8. The molecule has 0 heterocycles. The lowest BCUT2D eigenvalue weighted by Crippen LogP contribution is -2.16. The standard InChI is InChI=1S/C6H14ISi/c1-5-8(7)6(2,3)4/h5H2,1-4H3. The largest absolute Gasteiger partial charge is 0.135 e. The van der Waals surface area contributed by atoms with Gasteiger partial charge in [-0.2, -0.15) is 0 Å². The van der Waals surface area contributed by atoms with Crippen LogP contribution in [-0.2, 0) is 0 Å². The van der Waals surface area contributed by atoms with Crippen LogP contribution in [-0.4, -0.2) is 6.29 Å². The summed E-state index contributed by atoms with van der Waals surface area (Å²) in [5, 5.41) is 0.597. The maximum atomic E-state index is 2.61. The van der Waals surface area contributed by atoms with Crippen molar-refractivity contribution in [3.63, 3.8) is 0 Å². The first-order chi connectivity index (χ1) is 3.48. The molecule has 0 aromatic rings. The van der Waals surface area contributed by atoms with Gasteiger partial charge in [-0.3, -0.25) is 0 Å². The highest BCUT2D eigenvalue weighted by atomic mass is 127. The van der Waals surface area contributed by atoms with E-state index in [4.69, 9.17) is 0 Å². The van der Waals surface area contributed by atoms with E-state index >= 15 is 0 Å². The summed E-state index contributed by atoms with van der Waals surface area (Å²) in [7, 11) is 0. The average molecular weight is 241 g/mol. The molecule has 0 aliphatic rings. The Balaban J connectivity index is 3.62. The number of rotatable bonds is 1. The van der Waals surface area contributed by atoms with E-state index in [-0.39, 0.29) is 6.29 Å². The predicted octanol–water partition coefficient (Wildman–Crippen LogP) is 3.23. The molecular weight excluding hydrogens is 227 g/mol. The van der Waals surface area contributed by atoms with Gasteiger partial charge in [0.1, 0.15) is 6.29 Å².